The largest absolute Gasteiger partial charge is 0.271 e. The van der Waals surface area contributed by atoms with Crippen molar-refractivity contribution in [2.24, 2.45) is 11.8 Å². The Balaban J connectivity index is 1.88. The second-order valence-electron chi connectivity index (χ2n) is 4.88. The topological polar surface area (TPSA) is 38.0 Å². The van der Waals surface area contributed by atoms with Crippen molar-refractivity contribution < 1.29 is 0 Å². The highest BCUT2D eigenvalue weighted by molar-refractivity contribution is 7.10. The summed E-state index contributed by atoms with van der Waals surface area (Å²) in [6, 6.07) is 2.56. The van der Waals surface area contributed by atoms with Gasteiger partial charge in [-0.15, -0.1) is 11.3 Å². The van der Waals surface area contributed by atoms with Gasteiger partial charge >= 0.3 is 0 Å². The summed E-state index contributed by atoms with van der Waals surface area (Å²) in [6.45, 7) is 2.18. The van der Waals surface area contributed by atoms with Crippen molar-refractivity contribution in [2.45, 2.75) is 51.5 Å². The highest BCUT2D eigenvalue weighted by Crippen LogP contribution is 2.32. The number of hydrazine groups is 1. The Morgan fingerprint density at radius 3 is 2.81 bits per heavy atom. The Morgan fingerprint density at radius 1 is 1.50 bits per heavy atom. The van der Waals surface area contributed by atoms with Crippen LogP contribution in [-0.2, 0) is 0 Å². The molecule has 1 atom stereocenters. The van der Waals surface area contributed by atoms with Gasteiger partial charge in [-0.05, 0) is 42.7 Å². The van der Waals surface area contributed by atoms with E-state index in [4.69, 9.17) is 5.84 Å². The molecule has 1 aromatic heterocycles. The first-order valence-corrected chi connectivity index (χ1v) is 7.19. The maximum atomic E-state index is 5.67. The van der Waals surface area contributed by atoms with Crippen molar-refractivity contribution in [1.29, 1.82) is 0 Å². The molecule has 16 heavy (non-hydrogen) atoms. The van der Waals surface area contributed by atoms with E-state index in [9.17, 15) is 0 Å². The minimum Gasteiger partial charge on any atom is -0.271 e. The quantitative estimate of drug-likeness (QED) is 0.608. The fraction of sp³-hybridized carbons (Fsp3) is 0.692. The van der Waals surface area contributed by atoms with Crippen LogP contribution >= 0.6 is 11.3 Å². The van der Waals surface area contributed by atoms with Crippen LogP contribution in [-0.4, -0.2) is 0 Å². The fourth-order valence-corrected chi connectivity index (χ4v) is 3.55. The number of hydrogen-bond donors (Lipinski definition) is 2. The second-order valence-corrected chi connectivity index (χ2v) is 6.00. The number of aryl methyl sites for hydroxylation is 1. The number of rotatable bonds is 5. The molecule has 1 unspecified atom stereocenters. The van der Waals surface area contributed by atoms with Gasteiger partial charge in [-0.1, -0.05) is 25.7 Å². The fourth-order valence-electron chi connectivity index (χ4n) is 2.79. The third kappa shape index (κ3) is 2.84. The predicted octanol–water partition coefficient (Wildman–Crippen LogP) is 3.53. The smallest absolute Gasteiger partial charge is 0.0471 e. The Morgan fingerprint density at radius 2 is 2.25 bits per heavy atom. The van der Waals surface area contributed by atoms with Crippen LogP contribution in [0.5, 0.6) is 0 Å². The molecular weight excluding hydrogens is 216 g/mol. The van der Waals surface area contributed by atoms with Crippen molar-refractivity contribution in [1.82, 2.24) is 5.43 Å². The summed E-state index contributed by atoms with van der Waals surface area (Å²) >= 11 is 1.81. The summed E-state index contributed by atoms with van der Waals surface area (Å²) in [5, 5.41) is 2.16. The zero-order chi connectivity index (χ0) is 11.4. The Hall–Kier alpha value is -0.380. The zero-order valence-electron chi connectivity index (χ0n) is 10.0. The molecule has 2 rings (SSSR count). The highest BCUT2D eigenvalue weighted by atomic mass is 32.1. The Labute approximate surface area is 102 Å². The summed E-state index contributed by atoms with van der Waals surface area (Å²) in [5.74, 6) is 6.63. The van der Waals surface area contributed by atoms with Crippen LogP contribution in [0.2, 0.25) is 0 Å². The minimum absolute atomic E-state index is 0.354. The molecule has 1 aromatic rings. The molecular formula is C13H22N2S. The lowest BCUT2D eigenvalue weighted by Gasteiger charge is -2.18. The van der Waals surface area contributed by atoms with Crippen molar-refractivity contribution in [2.75, 3.05) is 0 Å². The molecule has 90 valence electrons. The average Bonchev–Trinajstić information content (AvgIpc) is 2.92. The Bertz CT molecular complexity index is 315. The van der Waals surface area contributed by atoms with E-state index >= 15 is 0 Å². The Kier molecular flexibility index (Phi) is 4.38. The van der Waals surface area contributed by atoms with Crippen molar-refractivity contribution in [3.8, 4) is 0 Å². The normalized spacial score (nSPS) is 19.1. The molecule has 0 bridgehead atoms. The lowest BCUT2D eigenvalue weighted by Crippen LogP contribution is -2.28. The molecule has 2 nitrogen and oxygen atoms in total. The van der Waals surface area contributed by atoms with Crippen LogP contribution in [0.4, 0.5) is 0 Å². The van der Waals surface area contributed by atoms with Gasteiger partial charge in [0.1, 0.15) is 0 Å². The van der Waals surface area contributed by atoms with Gasteiger partial charge in [-0.2, -0.15) is 0 Å². The van der Waals surface area contributed by atoms with Crippen LogP contribution in [0.25, 0.3) is 0 Å². The van der Waals surface area contributed by atoms with Crippen LogP contribution in [0.15, 0.2) is 11.4 Å². The van der Waals surface area contributed by atoms with Crippen LogP contribution in [0.3, 0.4) is 0 Å². The summed E-state index contributed by atoms with van der Waals surface area (Å²) in [4.78, 5) is 1.40. The van der Waals surface area contributed by atoms with E-state index in [1.807, 2.05) is 11.3 Å². The molecule has 1 aliphatic carbocycles. The van der Waals surface area contributed by atoms with Crippen molar-refractivity contribution in [3.63, 3.8) is 0 Å². The maximum Gasteiger partial charge on any atom is 0.0471 e. The first-order chi connectivity index (χ1) is 7.81. The monoisotopic (exact) mass is 238 g/mol. The molecule has 1 heterocycles. The molecule has 0 aliphatic heterocycles. The number of hydrogen-bond acceptors (Lipinski definition) is 3. The molecule has 0 spiro atoms. The van der Waals surface area contributed by atoms with Gasteiger partial charge in [0.05, 0.1) is 0 Å². The molecule has 0 amide bonds. The molecule has 1 saturated carbocycles. The summed E-state index contributed by atoms with van der Waals surface area (Å²) in [5.41, 5.74) is 4.37. The van der Waals surface area contributed by atoms with E-state index in [1.165, 1.54) is 49.0 Å². The third-order valence-corrected chi connectivity index (χ3v) is 4.68. The molecule has 1 aliphatic rings. The van der Waals surface area contributed by atoms with Crippen LogP contribution in [0.1, 0.15) is 55.0 Å². The van der Waals surface area contributed by atoms with E-state index < -0.39 is 0 Å². The first kappa shape index (κ1) is 12.1. The molecule has 1 fully saturated rings. The lowest BCUT2D eigenvalue weighted by atomic mass is 9.95. The van der Waals surface area contributed by atoms with E-state index in [0.29, 0.717) is 6.04 Å². The van der Waals surface area contributed by atoms with Crippen LogP contribution in [0, 0.1) is 12.8 Å². The zero-order valence-corrected chi connectivity index (χ0v) is 10.9. The summed E-state index contributed by atoms with van der Waals surface area (Å²) in [6.07, 6.45) is 8.23. The molecule has 3 heteroatoms. The average molecular weight is 238 g/mol. The van der Waals surface area contributed by atoms with Gasteiger partial charge in [0.15, 0.2) is 0 Å². The van der Waals surface area contributed by atoms with Crippen molar-refractivity contribution >= 4 is 11.3 Å². The molecule has 0 radical (unpaired) electrons. The third-order valence-electron chi connectivity index (χ3n) is 3.81. The van der Waals surface area contributed by atoms with Gasteiger partial charge in [-0.25, -0.2) is 0 Å². The number of nitrogens with one attached hydrogen (secondary N) is 1. The van der Waals surface area contributed by atoms with Gasteiger partial charge in [0.2, 0.25) is 0 Å². The first-order valence-electron chi connectivity index (χ1n) is 6.31. The van der Waals surface area contributed by atoms with E-state index in [1.54, 1.807) is 0 Å². The second kappa shape index (κ2) is 5.80. The number of thiophene rings is 1. The molecule has 0 aromatic carbocycles. The molecule has 0 saturated heterocycles. The van der Waals surface area contributed by atoms with E-state index in [-0.39, 0.29) is 0 Å². The lowest BCUT2D eigenvalue weighted by molar-refractivity contribution is 0.416. The van der Waals surface area contributed by atoms with Gasteiger partial charge < -0.3 is 0 Å². The van der Waals surface area contributed by atoms with Gasteiger partial charge in [0, 0.05) is 10.9 Å². The van der Waals surface area contributed by atoms with Crippen molar-refractivity contribution in [3.05, 3.63) is 21.9 Å². The predicted molar refractivity (Wildman–Crippen MR) is 70.3 cm³/mol. The molecule has 3 N–H and O–H groups in total. The summed E-state index contributed by atoms with van der Waals surface area (Å²) < 4.78 is 0. The van der Waals surface area contributed by atoms with E-state index in [0.717, 1.165) is 5.92 Å². The standard InChI is InChI=1S/C13H22N2S/c1-10-12(8-9-16-10)13(15-14)7-6-11-4-2-3-5-11/h8-9,11,13,15H,2-7,14H2,1H3. The SMILES string of the molecule is Cc1sccc1C(CCC1CCCC1)NN. The van der Waals surface area contributed by atoms with Gasteiger partial charge in [-0.3, -0.25) is 11.3 Å². The van der Waals surface area contributed by atoms with E-state index in [2.05, 4.69) is 23.8 Å². The highest BCUT2D eigenvalue weighted by Gasteiger charge is 2.18. The summed E-state index contributed by atoms with van der Waals surface area (Å²) in [7, 11) is 0. The van der Waals surface area contributed by atoms with Gasteiger partial charge in [0.25, 0.3) is 0 Å². The van der Waals surface area contributed by atoms with Crippen LogP contribution < -0.4 is 11.3 Å². The maximum absolute atomic E-state index is 5.67. The minimum atomic E-state index is 0.354. The number of nitrogens with two attached hydrogens (primary N) is 1.